The number of rotatable bonds is 6. The summed E-state index contributed by atoms with van der Waals surface area (Å²) < 4.78 is 0. The van der Waals surface area contributed by atoms with Crippen molar-refractivity contribution in [3.63, 3.8) is 0 Å². The Labute approximate surface area is 113 Å². The highest BCUT2D eigenvalue weighted by molar-refractivity contribution is 5.77. The van der Waals surface area contributed by atoms with Crippen molar-refractivity contribution in [1.82, 2.24) is 5.32 Å². The molecule has 0 aliphatic heterocycles. The number of hydrogen-bond acceptors (Lipinski definition) is 4. The van der Waals surface area contributed by atoms with E-state index in [-0.39, 0.29) is 11.9 Å². The SMILES string of the molecule is CCC(C)NC(=O)CCNc1ccc(N)cc1C#N. The molecule has 0 bridgehead atoms. The van der Waals surface area contributed by atoms with Crippen LogP contribution in [-0.2, 0) is 4.79 Å². The molecule has 0 saturated carbocycles. The normalized spacial score (nSPS) is 11.4. The van der Waals surface area contributed by atoms with E-state index < -0.39 is 0 Å². The molecule has 1 amide bonds. The molecule has 1 rings (SSSR count). The molecular formula is C14H20N4O. The third kappa shape index (κ3) is 4.88. The Bertz CT molecular complexity index is 479. The van der Waals surface area contributed by atoms with E-state index in [1.54, 1.807) is 18.2 Å². The third-order valence-corrected chi connectivity index (χ3v) is 2.85. The van der Waals surface area contributed by atoms with Crippen LogP contribution in [0.25, 0.3) is 0 Å². The molecule has 1 atom stereocenters. The molecule has 19 heavy (non-hydrogen) atoms. The summed E-state index contributed by atoms with van der Waals surface area (Å²) in [5.74, 6) is 0.0100. The van der Waals surface area contributed by atoms with E-state index in [1.807, 2.05) is 13.8 Å². The molecule has 1 aromatic rings. The number of nitrogens with one attached hydrogen (secondary N) is 2. The summed E-state index contributed by atoms with van der Waals surface area (Å²) in [6.45, 7) is 4.48. The number of nitriles is 1. The summed E-state index contributed by atoms with van der Waals surface area (Å²) in [6.07, 6.45) is 1.29. The minimum atomic E-state index is 0.0100. The molecule has 4 N–H and O–H groups in total. The lowest BCUT2D eigenvalue weighted by Crippen LogP contribution is -2.32. The summed E-state index contributed by atoms with van der Waals surface area (Å²) in [7, 11) is 0. The van der Waals surface area contributed by atoms with E-state index in [2.05, 4.69) is 16.7 Å². The van der Waals surface area contributed by atoms with Gasteiger partial charge in [-0.2, -0.15) is 5.26 Å². The number of nitrogens with two attached hydrogens (primary N) is 1. The average Bonchev–Trinajstić information content (AvgIpc) is 2.40. The second-order valence-electron chi connectivity index (χ2n) is 4.47. The average molecular weight is 260 g/mol. The van der Waals surface area contributed by atoms with E-state index in [1.165, 1.54) is 0 Å². The largest absolute Gasteiger partial charge is 0.399 e. The number of benzene rings is 1. The quantitative estimate of drug-likeness (QED) is 0.681. The van der Waals surface area contributed by atoms with Crippen LogP contribution in [0, 0.1) is 11.3 Å². The number of carbonyl (C=O) groups excluding carboxylic acids is 1. The lowest BCUT2D eigenvalue weighted by molar-refractivity contribution is -0.121. The van der Waals surface area contributed by atoms with Crippen LogP contribution in [0.5, 0.6) is 0 Å². The molecule has 0 aliphatic rings. The van der Waals surface area contributed by atoms with Gasteiger partial charge in [-0.25, -0.2) is 0 Å². The molecule has 1 unspecified atom stereocenters. The van der Waals surface area contributed by atoms with E-state index >= 15 is 0 Å². The predicted molar refractivity (Wildman–Crippen MR) is 76.6 cm³/mol. The van der Waals surface area contributed by atoms with Crippen molar-refractivity contribution in [2.45, 2.75) is 32.7 Å². The lowest BCUT2D eigenvalue weighted by Gasteiger charge is -2.12. The standard InChI is InChI=1S/C14H20N4O/c1-3-10(2)18-14(19)6-7-17-13-5-4-12(16)8-11(13)9-15/h4-5,8,10,17H,3,6-7,16H2,1-2H3,(H,18,19). The van der Waals surface area contributed by atoms with Crippen molar-refractivity contribution in [3.8, 4) is 6.07 Å². The minimum absolute atomic E-state index is 0.0100. The van der Waals surface area contributed by atoms with Gasteiger partial charge in [-0.3, -0.25) is 4.79 Å². The Kier molecular flexibility index (Phi) is 5.68. The fourth-order valence-corrected chi connectivity index (χ4v) is 1.57. The first kappa shape index (κ1) is 14.8. The molecule has 0 spiro atoms. The van der Waals surface area contributed by atoms with Gasteiger partial charge in [-0.15, -0.1) is 0 Å². The molecule has 5 heteroatoms. The smallest absolute Gasteiger partial charge is 0.221 e. The van der Waals surface area contributed by atoms with Crippen molar-refractivity contribution >= 4 is 17.3 Å². The summed E-state index contributed by atoms with van der Waals surface area (Å²) >= 11 is 0. The van der Waals surface area contributed by atoms with Gasteiger partial charge >= 0.3 is 0 Å². The Morgan fingerprint density at radius 3 is 2.89 bits per heavy atom. The number of nitrogen functional groups attached to an aromatic ring is 1. The zero-order valence-electron chi connectivity index (χ0n) is 11.4. The van der Waals surface area contributed by atoms with Crippen molar-refractivity contribution in [3.05, 3.63) is 23.8 Å². The molecule has 0 heterocycles. The highest BCUT2D eigenvalue weighted by atomic mass is 16.1. The molecule has 0 fully saturated rings. The van der Waals surface area contributed by atoms with Crippen LogP contribution in [0.15, 0.2) is 18.2 Å². The van der Waals surface area contributed by atoms with Crippen molar-refractivity contribution < 1.29 is 4.79 Å². The lowest BCUT2D eigenvalue weighted by atomic mass is 10.1. The molecule has 0 radical (unpaired) electrons. The van der Waals surface area contributed by atoms with E-state index in [0.717, 1.165) is 6.42 Å². The highest BCUT2D eigenvalue weighted by Gasteiger charge is 2.06. The number of amides is 1. The molecule has 0 saturated heterocycles. The minimum Gasteiger partial charge on any atom is -0.399 e. The Balaban J connectivity index is 2.46. The van der Waals surface area contributed by atoms with Gasteiger partial charge in [0.15, 0.2) is 0 Å². The first-order valence-corrected chi connectivity index (χ1v) is 6.39. The van der Waals surface area contributed by atoms with E-state index in [9.17, 15) is 4.79 Å². The van der Waals surface area contributed by atoms with Gasteiger partial charge in [-0.05, 0) is 31.5 Å². The second-order valence-corrected chi connectivity index (χ2v) is 4.47. The second kappa shape index (κ2) is 7.27. The van der Waals surface area contributed by atoms with Crippen LogP contribution in [0.2, 0.25) is 0 Å². The summed E-state index contributed by atoms with van der Waals surface area (Å²) in [5, 5.41) is 14.9. The molecule has 5 nitrogen and oxygen atoms in total. The van der Waals surface area contributed by atoms with Crippen LogP contribution in [0.1, 0.15) is 32.3 Å². The van der Waals surface area contributed by atoms with Crippen LogP contribution in [-0.4, -0.2) is 18.5 Å². The summed E-state index contributed by atoms with van der Waals surface area (Å²) in [4.78, 5) is 11.6. The number of carbonyl (C=O) groups is 1. The van der Waals surface area contributed by atoms with Gasteiger partial charge < -0.3 is 16.4 Å². The zero-order chi connectivity index (χ0) is 14.3. The van der Waals surface area contributed by atoms with Crippen LogP contribution in [0.4, 0.5) is 11.4 Å². The van der Waals surface area contributed by atoms with Gasteiger partial charge in [0.05, 0.1) is 11.3 Å². The van der Waals surface area contributed by atoms with Crippen LogP contribution >= 0.6 is 0 Å². The first-order valence-electron chi connectivity index (χ1n) is 6.39. The summed E-state index contributed by atoms with van der Waals surface area (Å²) in [5.41, 5.74) is 7.35. The number of nitrogens with zero attached hydrogens (tertiary/aromatic N) is 1. The van der Waals surface area contributed by atoms with Crippen molar-refractivity contribution in [2.24, 2.45) is 0 Å². The highest BCUT2D eigenvalue weighted by Crippen LogP contribution is 2.17. The molecule has 1 aromatic carbocycles. The molecule has 0 aromatic heterocycles. The summed E-state index contributed by atoms with van der Waals surface area (Å²) in [6, 6.07) is 7.35. The number of hydrogen-bond donors (Lipinski definition) is 3. The van der Waals surface area contributed by atoms with Gasteiger partial charge in [0.25, 0.3) is 0 Å². The van der Waals surface area contributed by atoms with Gasteiger partial charge in [0, 0.05) is 24.7 Å². The maximum atomic E-state index is 11.6. The van der Waals surface area contributed by atoms with Crippen LogP contribution in [0.3, 0.4) is 0 Å². The zero-order valence-corrected chi connectivity index (χ0v) is 11.4. The Morgan fingerprint density at radius 1 is 1.53 bits per heavy atom. The Hall–Kier alpha value is -2.22. The first-order chi connectivity index (χ1) is 9.06. The van der Waals surface area contributed by atoms with Gasteiger partial charge in [0.2, 0.25) is 5.91 Å². The Morgan fingerprint density at radius 2 is 2.26 bits per heavy atom. The third-order valence-electron chi connectivity index (χ3n) is 2.85. The van der Waals surface area contributed by atoms with Crippen molar-refractivity contribution in [2.75, 3.05) is 17.6 Å². The number of anilines is 2. The van der Waals surface area contributed by atoms with Gasteiger partial charge in [0.1, 0.15) is 6.07 Å². The maximum Gasteiger partial charge on any atom is 0.221 e. The fourth-order valence-electron chi connectivity index (χ4n) is 1.57. The van der Waals surface area contributed by atoms with Crippen molar-refractivity contribution in [1.29, 1.82) is 5.26 Å². The topological polar surface area (TPSA) is 90.9 Å². The van der Waals surface area contributed by atoms with Crippen LogP contribution < -0.4 is 16.4 Å². The molecule has 0 aliphatic carbocycles. The predicted octanol–water partition coefficient (Wildman–Crippen LogP) is 1.86. The monoisotopic (exact) mass is 260 g/mol. The molecular weight excluding hydrogens is 240 g/mol. The van der Waals surface area contributed by atoms with E-state index in [4.69, 9.17) is 11.0 Å². The van der Waals surface area contributed by atoms with Gasteiger partial charge in [-0.1, -0.05) is 6.92 Å². The van der Waals surface area contributed by atoms with E-state index in [0.29, 0.717) is 29.9 Å². The fraction of sp³-hybridized carbons (Fsp3) is 0.429. The maximum absolute atomic E-state index is 11.6. The molecule has 102 valence electrons.